The van der Waals surface area contributed by atoms with Crippen LogP contribution in [0.3, 0.4) is 0 Å². The summed E-state index contributed by atoms with van der Waals surface area (Å²) < 4.78 is 4.99. The number of allylic oxidation sites excluding steroid dienone is 1. The van der Waals surface area contributed by atoms with E-state index < -0.39 is 0 Å². The van der Waals surface area contributed by atoms with E-state index in [-0.39, 0.29) is 5.78 Å². The van der Waals surface area contributed by atoms with E-state index in [0.717, 1.165) is 11.3 Å². The van der Waals surface area contributed by atoms with E-state index in [2.05, 4.69) is 5.32 Å². The fourth-order valence-electron chi connectivity index (χ4n) is 1.46. The summed E-state index contributed by atoms with van der Waals surface area (Å²) in [7, 11) is 0. The molecule has 1 aromatic heterocycles. The largest absolute Gasteiger partial charge is 0.461 e. The first-order valence-electron chi connectivity index (χ1n) is 5.44. The van der Waals surface area contributed by atoms with Gasteiger partial charge in [0.15, 0.2) is 5.76 Å². The molecule has 0 atom stereocenters. The van der Waals surface area contributed by atoms with E-state index in [4.69, 9.17) is 16.0 Å². The summed E-state index contributed by atoms with van der Waals surface area (Å²) >= 11 is 5.89. The Morgan fingerprint density at radius 3 is 2.94 bits per heavy atom. The molecule has 0 spiro atoms. The highest BCUT2D eigenvalue weighted by Gasteiger charge is 2.03. The minimum Gasteiger partial charge on any atom is -0.461 e. The van der Waals surface area contributed by atoms with Gasteiger partial charge in [0, 0.05) is 23.0 Å². The van der Waals surface area contributed by atoms with Gasteiger partial charge in [-0.25, -0.2) is 0 Å². The number of anilines is 1. The molecule has 0 saturated heterocycles. The smallest absolute Gasteiger partial charge is 0.222 e. The number of carbonyl (C=O) groups is 1. The molecule has 0 aliphatic rings. The van der Waals surface area contributed by atoms with Gasteiger partial charge < -0.3 is 9.73 Å². The number of benzene rings is 1. The number of carbonyl (C=O) groups excluding carboxylic acids is 1. The highest BCUT2D eigenvalue weighted by molar-refractivity contribution is 6.30. The van der Waals surface area contributed by atoms with Crippen LogP contribution in [0.5, 0.6) is 0 Å². The molecule has 0 radical (unpaired) electrons. The molecule has 1 aromatic carbocycles. The molecule has 4 heteroatoms. The summed E-state index contributed by atoms with van der Waals surface area (Å²) in [5.41, 5.74) is 1.92. The minimum absolute atomic E-state index is 0.188. The maximum absolute atomic E-state index is 11.6. The molecule has 0 bridgehead atoms. The molecule has 18 heavy (non-hydrogen) atoms. The number of aryl methyl sites for hydroxylation is 1. The fourth-order valence-corrected chi connectivity index (χ4v) is 1.63. The van der Waals surface area contributed by atoms with Crippen molar-refractivity contribution < 1.29 is 9.21 Å². The molecule has 0 aliphatic carbocycles. The second kappa shape index (κ2) is 5.56. The van der Waals surface area contributed by atoms with Gasteiger partial charge in [0.1, 0.15) is 0 Å². The predicted octanol–water partition coefficient (Wildman–Crippen LogP) is 4.05. The van der Waals surface area contributed by atoms with Crippen molar-refractivity contribution >= 4 is 23.1 Å². The van der Waals surface area contributed by atoms with Gasteiger partial charge in [-0.05, 0) is 36.8 Å². The Morgan fingerprint density at radius 2 is 2.22 bits per heavy atom. The van der Waals surface area contributed by atoms with E-state index >= 15 is 0 Å². The third kappa shape index (κ3) is 3.02. The quantitative estimate of drug-likeness (QED) is 0.667. The Labute approximate surface area is 110 Å². The molecule has 1 N–H and O–H groups in total. The van der Waals surface area contributed by atoms with Crippen LogP contribution < -0.4 is 5.32 Å². The molecule has 92 valence electrons. The van der Waals surface area contributed by atoms with Gasteiger partial charge in [-0.1, -0.05) is 17.7 Å². The summed E-state index contributed by atoms with van der Waals surface area (Å²) in [5.74, 6) is 0.128. The highest BCUT2D eigenvalue weighted by atomic mass is 35.5. The van der Waals surface area contributed by atoms with E-state index in [9.17, 15) is 4.79 Å². The minimum atomic E-state index is -0.188. The van der Waals surface area contributed by atoms with Crippen LogP contribution in [0.1, 0.15) is 16.1 Å². The van der Waals surface area contributed by atoms with Crippen molar-refractivity contribution in [2.45, 2.75) is 6.92 Å². The maximum atomic E-state index is 11.6. The van der Waals surface area contributed by atoms with Crippen molar-refractivity contribution in [2.24, 2.45) is 0 Å². The zero-order valence-corrected chi connectivity index (χ0v) is 10.6. The predicted molar refractivity (Wildman–Crippen MR) is 72.0 cm³/mol. The molecular formula is C14H12ClNO2. The van der Waals surface area contributed by atoms with Crippen molar-refractivity contribution in [1.29, 1.82) is 0 Å². The average Bonchev–Trinajstić information content (AvgIpc) is 2.87. The molecule has 0 unspecified atom stereocenters. The van der Waals surface area contributed by atoms with Gasteiger partial charge in [-0.15, -0.1) is 0 Å². The van der Waals surface area contributed by atoms with Crippen LogP contribution in [0.25, 0.3) is 0 Å². The van der Waals surface area contributed by atoms with Crippen molar-refractivity contribution in [3.8, 4) is 0 Å². The van der Waals surface area contributed by atoms with Gasteiger partial charge in [0.2, 0.25) is 5.78 Å². The lowest BCUT2D eigenvalue weighted by Crippen LogP contribution is -1.95. The average molecular weight is 262 g/mol. The Hall–Kier alpha value is -2.00. The molecule has 2 aromatic rings. The zero-order chi connectivity index (χ0) is 13.0. The van der Waals surface area contributed by atoms with Gasteiger partial charge in [0.25, 0.3) is 0 Å². The third-order valence-corrected chi connectivity index (χ3v) is 2.67. The Kier molecular flexibility index (Phi) is 3.85. The number of hydrogen-bond donors (Lipinski definition) is 1. The van der Waals surface area contributed by atoms with Gasteiger partial charge in [-0.2, -0.15) is 0 Å². The third-order valence-electron chi connectivity index (χ3n) is 2.44. The molecule has 0 saturated carbocycles. The lowest BCUT2D eigenvalue weighted by atomic mass is 10.2. The summed E-state index contributed by atoms with van der Waals surface area (Å²) in [6.07, 6.45) is 4.46. The standard InChI is InChI=1S/C14H12ClNO2/c1-10-4-5-11(15)9-12(10)16-7-6-13(17)14-3-2-8-18-14/h2-9,16H,1H3/b7-6+. The summed E-state index contributed by atoms with van der Waals surface area (Å²) in [5, 5.41) is 3.67. The molecule has 0 amide bonds. The van der Waals surface area contributed by atoms with Gasteiger partial charge in [-0.3, -0.25) is 4.79 Å². The monoisotopic (exact) mass is 261 g/mol. The second-order valence-corrected chi connectivity index (χ2v) is 4.21. The molecule has 0 aliphatic heterocycles. The van der Waals surface area contributed by atoms with Crippen molar-refractivity contribution in [2.75, 3.05) is 5.32 Å². The van der Waals surface area contributed by atoms with E-state index in [1.807, 2.05) is 19.1 Å². The van der Waals surface area contributed by atoms with Crippen LogP contribution in [0, 0.1) is 6.92 Å². The first-order chi connectivity index (χ1) is 8.66. The van der Waals surface area contributed by atoms with Crippen LogP contribution in [0.4, 0.5) is 5.69 Å². The number of nitrogens with one attached hydrogen (secondary N) is 1. The lowest BCUT2D eigenvalue weighted by molar-refractivity contribution is 0.102. The number of halogens is 1. The maximum Gasteiger partial charge on any atom is 0.222 e. The Bertz CT molecular complexity index is 573. The Morgan fingerprint density at radius 1 is 1.39 bits per heavy atom. The fraction of sp³-hybridized carbons (Fsp3) is 0.0714. The lowest BCUT2D eigenvalue weighted by Gasteiger charge is -2.05. The van der Waals surface area contributed by atoms with Gasteiger partial charge in [0.05, 0.1) is 6.26 Å². The van der Waals surface area contributed by atoms with E-state index in [1.165, 1.54) is 12.3 Å². The topological polar surface area (TPSA) is 42.2 Å². The van der Waals surface area contributed by atoms with Crippen molar-refractivity contribution in [1.82, 2.24) is 0 Å². The first-order valence-corrected chi connectivity index (χ1v) is 5.81. The summed E-state index contributed by atoms with van der Waals surface area (Å²) in [6, 6.07) is 8.83. The number of ketones is 1. The van der Waals surface area contributed by atoms with Crippen LogP contribution in [-0.4, -0.2) is 5.78 Å². The van der Waals surface area contributed by atoms with Gasteiger partial charge >= 0.3 is 0 Å². The summed E-state index contributed by atoms with van der Waals surface area (Å²) in [6.45, 7) is 1.96. The van der Waals surface area contributed by atoms with Crippen LogP contribution in [0.15, 0.2) is 53.3 Å². The van der Waals surface area contributed by atoms with Crippen LogP contribution >= 0.6 is 11.6 Å². The second-order valence-electron chi connectivity index (χ2n) is 3.78. The molecular weight excluding hydrogens is 250 g/mol. The summed E-state index contributed by atoms with van der Waals surface area (Å²) in [4.78, 5) is 11.6. The van der Waals surface area contributed by atoms with E-state index in [1.54, 1.807) is 24.4 Å². The molecule has 0 fully saturated rings. The molecule has 1 heterocycles. The van der Waals surface area contributed by atoms with Crippen LogP contribution in [-0.2, 0) is 0 Å². The SMILES string of the molecule is Cc1ccc(Cl)cc1N/C=C/C(=O)c1ccco1. The normalized spacial score (nSPS) is 10.8. The number of hydrogen-bond acceptors (Lipinski definition) is 3. The number of rotatable bonds is 4. The molecule has 2 rings (SSSR count). The van der Waals surface area contributed by atoms with E-state index in [0.29, 0.717) is 10.8 Å². The van der Waals surface area contributed by atoms with Crippen molar-refractivity contribution in [3.63, 3.8) is 0 Å². The number of furan rings is 1. The van der Waals surface area contributed by atoms with Crippen molar-refractivity contribution in [3.05, 3.63) is 65.2 Å². The first kappa shape index (κ1) is 12.5. The molecule has 3 nitrogen and oxygen atoms in total. The zero-order valence-electron chi connectivity index (χ0n) is 9.81. The highest BCUT2D eigenvalue weighted by Crippen LogP contribution is 2.20. The van der Waals surface area contributed by atoms with Crippen LogP contribution in [0.2, 0.25) is 5.02 Å². The Balaban J connectivity index is 2.03.